The maximum absolute atomic E-state index is 12.0. The van der Waals surface area contributed by atoms with Crippen LogP contribution in [-0.2, 0) is 9.53 Å². The van der Waals surface area contributed by atoms with E-state index in [0.717, 1.165) is 32.3 Å². The standard InChI is InChI=1S/C18H37NO2/c1-8-18(7,9-2)14-21-13-11-16(20)19-17(5,6)12-10-15(3)4/h15H,8-14H2,1-7H3,(H,19,20). The summed E-state index contributed by atoms with van der Waals surface area (Å²) >= 11 is 0. The first kappa shape index (κ1) is 20.4. The van der Waals surface area contributed by atoms with Crippen LogP contribution in [0.25, 0.3) is 0 Å². The van der Waals surface area contributed by atoms with Crippen molar-refractivity contribution >= 4 is 5.91 Å². The minimum absolute atomic E-state index is 0.0958. The zero-order valence-corrected chi connectivity index (χ0v) is 15.3. The summed E-state index contributed by atoms with van der Waals surface area (Å²) in [6.45, 7) is 16.5. The summed E-state index contributed by atoms with van der Waals surface area (Å²) in [7, 11) is 0. The lowest BCUT2D eigenvalue weighted by Gasteiger charge is -2.28. The Hall–Kier alpha value is -0.570. The highest BCUT2D eigenvalue weighted by molar-refractivity contribution is 5.76. The molecule has 0 aromatic heterocycles. The van der Waals surface area contributed by atoms with Gasteiger partial charge in [-0.1, -0.05) is 34.6 Å². The smallest absolute Gasteiger partial charge is 0.222 e. The van der Waals surface area contributed by atoms with Gasteiger partial charge in [-0.15, -0.1) is 0 Å². The topological polar surface area (TPSA) is 38.3 Å². The fourth-order valence-electron chi connectivity index (χ4n) is 2.09. The average molecular weight is 299 g/mol. The second kappa shape index (κ2) is 9.45. The van der Waals surface area contributed by atoms with Crippen LogP contribution < -0.4 is 5.32 Å². The summed E-state index contributed by atoms with van der Waals surface area (Å²) in [5, 5.41) is 3.12. The van der Waals surface area contributed by atoms with Crippen molar-refractivity contribution in [3.8, 4) is 0 Å². The molecule has 0 aliphatic heterocycles. The van der Waals surface area contributed by atoms with Crippen LogP contribution in [0.2, 0.25) is 0 Å². The van der Waals surface area contributed by atoms with Crippen molar-refractivity contribution in [1.82, 2.24) is 5.32 Å². The zero-order valence-electron chi connectivity index (χ0n) is 15.3. The molecule has 0 unspecified atom stereocenters. The normalized spacial score (nSPS) is 12.8. The fraction of sp³-hybridized carbons (Fsp3) is 0.944. The van der Waals surface area contributed by atoms with Gasteiger partial charge in [-0.05, 0) is 50.9 Å². The number of hydrogen-bond donors (Lipinski definition) is 1. The summed E-state index contributed by atoms with van der Waals surface area (Å²) in [5.41, 5.74) is 0.121. The monoisotopic (exact) mass is 299 g/mol. The SMILES string of the molecule is CCC(C)(CC)COCCC(=O)NC(C)(C)CCC(C)C. The second-order valence-corrected chi connectivity index (χ2v) is 7.68. The molecular formula is C18H37NO2. The van der Waals surface area contributed by atoms with E-state index in [1.165, 1.54) is 0 Å². The lowest BCUT2D eigenvalue weighted by Crippen LogP contribution is -2.43. The lowest BCUT2D eigenvalue weighted by molar-refractivity contribution is -0.124. The van der Waals surface area contributed by atoms with E-state index in [-0.39, 0.29) is 16.9 Å². The van der Waals surface area contributed by atoms with Crippen LogP contribution in [0.15, 0.2) is 0 Å². The highest BCUT2D eigenvalue weighted by Crippen LogP contribution is 2.25. The number of nitrogens with one attached hydrogen (secondary N) is 1. The molecule has 0 aromatic carbocycles. The van der Waals surface area contributed by atoms with Crippen molar-refractivity contribution in [3.63, 3.8) is 0 Å². The molecule has 1 amide bonds. The van der Waals surface area contributed by atoms with Gasteiger partial charge < -0.3 is 10.1 Å². The third-order valence-electron chi connectivity index (χ3n) is 4.46. The first-order valence-corrected chi connectivity index (χ1v) is 8.53. The molecular weight excluding hydrogens is 262 g/mol. The third-order valence-corrected chi connectivity index (χ3v) is 4.46. The molecule has 0 radical (unpaired) electrons. The maximum atomic E-state index is 12.0. The van der Waals surface area contributed by atoms with Gasteiger partial charge in [0.2, 0.25) is 5.91 Å². The Bertz CT molecular complexity index is 294. The molecule has 0 rings (SSSR count). The van der Waals surface area contributed by atoms with Crippen LogP contribution >= 0.6 is 0 Å². The quantitative estimate of drug-likeness (QED) is 0.568. The Labute approximate surface area is 132 Å². The molecule has 0 atom stereocenters. The molecule has 126 valence electrons. The highest BCUT2D eigenvalue weighted by Gasteiger charge is 2.22. The molecule has 0 aromatic rings. The Morgan fingerprint density at radius 2 is 1.71 bits per heavy atom. The summed E-state index contributed by atoms with van der Waals surface area (Å²) in [5.74, 6) is 0.767. The number of ether oxygens (including phenoxy) is 1. The van der Waals surface area contributed by atoms with Crippen molar-refractivity contribution in [2.24, 2.45) is 11.3 Å². The van der Waals surface area contributed by atoms with Gasteiger partial charge in [0.15, 0.2) is 0 Å². The van der Waals surface area contributed by atoms with E-state index in [1.807, 2.05) is 0 Å². The predicted octanol–water partition coefficient (Wildman–Crippen LogP) is 4.55. The molecule has 3 nitrogen and oxygen atoms in total. The Kier molecular flexibility index (Phi) is 9.19. The van der Waals surface area contributed by atoms with Gasteiger partial charge in [-0.3, -0.25) is 4.79 Å². The van der Waals surface area contributed by atoms with Crippen molar-refractivity contribution in [2.75, 3.05) is 13.2 Å². The van der Waals surface area contributed by atoms with Crippen molar-refractivity contribution in [3.05, 3.63) is 0 Å². The molecule has 0 fully saturated rings. The van der Waals surface area contributed by atoms with E-state index in [9.17, 15) is 4.79 Å². The lowest BCUT2D eigenvalue weighted by atomic mass is 9.86. The molecule has 1 N–H and O–H groups in total. The van der Waals surface area contributed by atoms with E-state index in [0.29, 0.717) is 18.9 Å². The highest BCUT2D eigenvalue weighted by atomic mass is 16.5. The Morgan fingerprint density at radius 3 is 2.19 bits per heavy atom. The largest absolute Gasteiger partial charge is 0.380 e. The summed E-state index contributed by atoms with van der Waals surface area (Å²) in [4.78, 5) is 12.0. The molecule has 21 heavy (non-hydrogen) atoms. The van der Waals surface area contributed by atoms with E-state index < -0.39 is 0 Å². The molecule has 0 aliphatic rings. The van der Waals surface area contributed by atoms with Gasteiger partial charge in [0.1, 0.15) is 0 Å². The summed E-state index contributed by atoms with van der Waals surface area (Å²) in [6.07, 6.45) is 4.82. The van der Waals surface area contributed by atoms with E-state index in [1.54, 1.807) is 0 Å². The van der Waals surface area contributed by atoms with Gasteiger partial charge in [0, 0.05) is 12.0 Å². The van der Waals surface area contributed by atoms with Crippen molar-refractivity contribution < 1.29 is 9.53 Å². The van der Waals surface area contributed by atoms with Crippen LogP contribution in [-0.4, -0.2) is 24.7 Å². The molecule has 0 aliphatic carbocycles. The van der Waals surface area contributed by atoms with E-state index in [2.05, 4.69) is 53.8 Å². The van der Waals surface area contributed by atoms with Crippen LogP contribution in [0.3, 0.4) is 0 Å². The van der Waals surface area contributed by atoms with Crippen LogP contribution in [0.1, 0.15) is 80.6 Å². The number of carbonyl (C=O) groups excluding carboxylic acids is 1. The van der Waals surface area contributed by atoms with Crippen LogP contribution in [0, 0.1) is 11.3 Å². The minimum atomic E-state index is -0.122. The summed E-state index contributed by atoms with van der Waals surface area (Å²) < 4.78 is 5.70. The van der Waals surface area contributed by atoms with Crippen molar-refractivity contribution in [2.45, 2.75) is 86.1 Å². The summed E-state index contributed by atoms with van der Waals surface area (Å²) in [6, 6.07) is 0. The number of rotatable bonds is 11. The van der Waals surface area contributed by atoms with E-state index in [4.69, 9.17) is 4.74 Å². The van der Waals surface area contributed by atoms with Gasteiger partial charge in [-0.2, -0.15) is 0 Å². The molecule has 0 saturated carbocycles. The van der Waals surface area contributed by atoms with E-state index >= 15 is 0 Å². The number of hydrogen-bond acceptors (Lipinski definition) is 2. The first-order valence-electron chi connectivity index (χ1n) is 8.53. The number of amides is 1. The second-order valence-electron chi connectivity index (χ2n) is 7.68. The molecule has 0 spiro atoms. The van der Waals surface area contributed by atoms with Crippen molar-refractivity contribution in [1.29, 1.82) is 0 Å². The fourth-order valence-corrected chi connectivity index (χ4v) is 2.09. The average Bonchev–Trinajstić information content (AvgIpc) is 2.41. The maximum Gasteiger partial charge on any atom is 0.222 e. The van der Waals surface area contributed by atoms with Gasteiger partial charge in [0.05, 0.1) is 13.2 Å². The zero-order chi connectivity index (χ0) is 16.5. The van der Waals surface area contributed by atoms with Crippen LogP contribution in [0.5, 0.6) is 0 Å². The van der Waals surface area contributed by atoms with Gasteiger partial charge in [0.25, 0.3) is 0 Å². The predicted molar refractivity (Wildman–Crippen MR) is 90.4 cm³/mol. The minimum Gasteiger partial charge on any atom is -0.380 e. The molecule has 0 heterocycles. The molecule has 3 heteroatoms. The first-order chi connectivity index (χ1) is 9.64. The van der Waals surface area contributed by atoms with Gasteiger partial charge in [-0.25, -0.2) is 0 Å². The Morgan fingerprint density at radius 1 is 1.14 bits per heavy atom. The third kappa shape index (κ3) is 9.89. The van der Waals surface area contributed by atoms with Gasteiger partial charge >= 0.3 is 0 Å². The van der Waals surface area contributed by atoms with Crippen LogP contribution in [0.4, 0.5) is 0 Å². The molecule has 0 bridgehead atoms. The number of carbonyl (C=O) groups is 1. The molecule has 0 saturated heterocycles. The Balaban J connectivity index is 3.95.